The number of anilines is 1. The summed E-state index contributed by atoms with van der Waals surface area (Å²) in [5.74, 6) is 0.0140. The van der Waals surface area contributed by atoms with Gasteiger partial charge in [0.2, 0.25) is 5.91 Å². The summed E-state index contributed by atoms with van der Waals surface area (Å²) in [6.45, 7) is 2.32. The van der Waals surface area contributed by atoms with Crippen molar-refractivity contribution < 1.29 is 18.0 Å². The van der Waals surface area contributed by atoms with E-state index in [1.165, 1.54) is 22.1 Å². The molecule has 1 unspecified atom stereocenters. The maximum atomic E-state index is 13.0. The van der Waals surface area contributed by atoms with Crippen LogP contribution in [0.25, 0.3) is 5.69 Å². The van der Waals surface area contributed by atoms with Gasteiger partial charge in [0.15, 0.2) is 5.15 Å². The molecular formula is C20H22ClF3N6OS. The predicted molar refractivity (Wildman–Crippen MR) is 118 cm³/mol. The van der Waals surface area contributed by atoms with Crippen molar-refractivity contribution in [2.75, 3.05) is 17.2 Å². The third kappa shape index (κ3) is 6.73. The van der Waals surface area contributed by atoms with E-state index in [9.17, 15) is 18.0 Å². The standard InChI is InChI=1S/C20H22ClF3N6OS/c1-2-29(17-13-30(27-19(17)21)15-4-3-6-25-11-15)18(31)5-9-32-16(10-20(22,23)24)12-28-8-7-26-14-28/h3-4,6-8,11,13-14,16H,2,5,9-10,12H2,1H3. The molecular weight excluding hydrogens is 465 g/mol. The number of carbonyl (C=O) groups excluding carboxylic acids is 1. The highest BCUT2D eigenvalue weighted by atomic mass is 35.5. The van der Waals surface area contributed by atoms with Crippen LogP contribution in [0, 0.1) is 0 Å². The number of amides is 1. The molecule has 0 aliphatic rings. The lowest BCUT2D eigenvalue weighted by molar-refractivity contribution is -0.134. The van der Waals surface area contributed by atoms with Gasteiger partial charge in [-0.2, -0.15) is 30.0 Å². The minimum atomic E-state index is -4.29. The maximum Gasteiger partial charge on any atom is 0.390 e. The first-order chi connectivity index (χ1) is 15.3. The zero-order valence-electron chi connectivity index (χ0n) is 17.2. The number of thioether (sulfide) groups is 1. The van der Waals surface area contributed by atoms with E-state index in [1.54, 1.807) is 48.4 Å². The van der Waals surface area contributed by atoms with Crippen molar-refractivity contribution in [2.24, 2.45) is 0 Å². The highest BCUT2D eigenvalue weighted by Gasteiger charge is 2.32. The highest BCUT2D eigenvalue weighted by molar-refractivity contribution is 7.99. The molecule has 0 N–H and O–H groups in total. The van der Waals surface area contributed by atoms with Gasteiger partial charge in [-0.1, -0.05) is 11.6 Å². The van der Waals surface area contributed by atoms with Crippen molar-refractivity contribution in [3.8, 4) is 5.69 Å². The Bertz CT molecular complexity index is 997. The van der Waals surface area contributed by atoms with Crippen LogP contribution in [0.3, 0.4) is 0 Å². The summed E-state index contributed by atoms with van der Waals surface area (Å²) >= 11 is 7.39. The lowest BCUT2D eigenvalue weighted by atomic mass is 10.3. The summed E-state index contributed by atoms with van der Waals surface area (Å²) in [6.07, 6.45) is 4.36. The molecule has 0 saturated heterocycles. The molecule has 7 nitrogen and oxygen atoms in total. The van der Waals surface area contributed by atoms with Gasteiger partial charge in [-0.15, -0.1) is 0 Å². The number of hydrogen-bond acceptors (Lipinski definition) is 5. The van der Waals surface area contributed by atoms with Gasteiger partial charge in [-0.25, -0.2) is 9.67 Å². The minimum Gasteiger partial charge on any atom is -0.336 e. The Kier molecular flexibility index (Phi) is 8.19. The van der Waals surface area contributed by atoms with E-state index in [-0.39, 0.29) is 29.8 Å². The number of halogens is 4. The van der Waals surface area contributed by atoms with Crippen LogP contribution in [0.15, 0.2) is 49.4 Å². The van der Waals surface area contributed by atoms with E-state index < -0.39 is 17.8 Å². The van der Waals surface area contributed by atoms with Gasteiger partial charge in [-0.3, -0.25) is 9.78 Å². The third-order valence-electron chi connectivity index (χ3n) is 4.57. The fourth-order valence-corrected chi connectivity index (χ4v) is 4.58. The van der Waals surface area contributed by atoms with Crippen LogP contribution < -0.4 is 4.90 Å². The van der Waals surface area contributed by atoms with Gasteiger partial charge in [0.25, 0.3) is 0 Å². The quantitative estimate of drug-likeness (QED) is 0.418. The summed E-state index contributed by atoms with van der Waals surface area (Å²) in [5, 5.41) is 3.67. The van der Waals surface area contributed by atoms with Crippen LogP contribution in [-0.2, 0) is 11.3 Å². The Labute approximate surface area is 192 Å². The summed E-state index contributed by atoms with van der Waals surface area (Å²) in [6, 6.07) is 3.56. The zero-order chi connectivity index (χ0) is 23.1. The van der Waals surface area contributed by atoms with E-state index in [1.807, 2.05) is 0 Å². The van der Waals surface area contributed by atoms with E-state index in [0.717, 1.165) is 11.8 Å². The molecule has 3 rings (SSSR count). The van der Waals surface area contributed by atoms with Crippen LogP contribution in [0.4, 0.5) is 18.9 Å². The molecule has 3 aromatic heterocycles. The highest BCUT2D eigenvalue weighted by Crippen LogP contribution is 2.30. The Hall–Kier alpha value is -2.53. The normalized spacial score (nSPS) is 12.7. The first kappa shape index (κ1) is 24.1. The van der Waals surface area contributed by atoms with Gasteiger partial charge in [0, 0.05) is 49.1 Å². The van der Waals surface area contributed by atoms with Crippen LogP contribution >= 0.6 is 23.4 Å². The van der Waals surface area contributed by atoms with Crippen LogP contribution in [-0.4, -0.2) is 53.9 Å². The molecule has 0 aliphatic heterocycles. The number of hydrogen-bond donors (Lipinski definition) is 0. The smallest absolute Gasteiger partial charge is 0.336 e. The SMILES string of the molecule is CCN(C(=O)CCSC(Cn1ccnc1)CC(F)(F)F)c1cn(-c2cccnc2)nc1Cl. The van der Waals surface area contributed by atoms with E-state index >= 15 is 0 Å². The lowest BCUT2D eigenvalue weighted by Crippen LogP contribution is -2.31. The largest absolute Gasteiger partial charge is 0.390 e. The summed E-state index contributed by atoms with van der Waals surface area (Å²) in [4.78, 5) is 22.2. The van der Waals surface area contributed by atoms with E-state index in [2.05, 4.69) is 15.1 Å². The van der Waals surface area contributed by atoms with Gasteiger partial charge in [0.05, 0.1) is 30.8 Å². The van der Waals surface area contributed by atoms with Crippen molar-refractivity contribution in [3.63, 3.8) is 0 Å². The first-order valence-corrected chi connectivity index (χ1v) is 11.3. The molecule has 0 spiro atoms. The first-order valence-electron chi connectivity index (χ1n) is 9.87. The average molecular weight is 487 g/mol. The van der Waals surface area contributed by atoms with Crippen molar-refractivity contribution in [3.05, 3.63) is 54.6 Å². The summed E-state index contributed by atoms with van der Waals surface area (Å²) in [5.41, 5.74) is 1.13. The number of pyridine rings is 1. The van der Waals surface area contributed by atoms with Gasteiger partial charge >= 0.3 is 6.18 Å². The molecule has 0 bridgehead atoms. The van der Waals surface area contributed by atoms with E-state index in [4.69, 9.17) is 11.6 Å². The van der Waals surface area contributed by atoms with Crippen LogP contribution in [0.2, 0.25) is 5.15 Å². The third-order valence-corrected chi connectivity index (χ3v) is 6.07. The molecule has 0 radical (unpaired) electrons. The van der Waals surface area contributed by atoms with Gasteiger partial charge in [0.1, 0.15) is 5.69 Å². The Morgan fingerprint density at radius 3 is 2.75 bits per heavy atom. The summed E-state index contributed by atoms with van der Waals surface area (Å²) in [7, 11) is 0. The van der Waals surface area contributed by atoms with Crippen LogP contribution in [0.5, 0.6) is 0 Å². The average Bonchev–Trinajstić information content (AvgIpc) is 3.38. The number of nitrogens with zero attached hydrogens (tertiary/aromatic N) is 6. The Morgan fingerprint density at radius 1 is 1.31 bits per heavy atom. The second-order valence-electron chi connectivity index (χ2n) is 6.92. The second kappa shape index (κ2) is 10.9. The second-order valence-corrected chi connectivity index (χ2v) is 8.69. The van der Waals surface area contributed by atoms with Crippen molar-refractivity contribution in [2.45, 2.75) is 37.7 Å². The van der Waals surface area contributed by atoms with Crippen molar-refractivity contribution in [1.82, 2.24) is 24.3 Å². The molecule has 0 aliphatic carbocycles. The van der Waals surface area contributed by atoms with Crippen molar-refractivity contribution in [1.29, 1.82) is 0 Å². The fourth-order valence-electron chi connectivity index (χ4n) is 3.14. The van der Waals surface area contributed by atoms with Crippen LogP contribution in [0.1, 0.15) is 19.8 Å². The topological polar surface area (TPSA) is 68.8 Å². The molecule has 0 fully saturated rings. The predicted octanol–water partition coefficient (Wildman–Crippen LogP) is 4.61. The van der Waals surface area contributed by atoms with Crippen molar-refractivity contribution >= 4 is 35.0 Å². The minimum absolute atomic E-state index is 0.0746. The Balaban J connectivity index is 1.62. The maximum absolute atomic E-state index is 13.0. The molecule has 1 amide bonds. The fraction of sp³-hybridized carbons (Fsp3) is 0.400. The molecule has 1 atom stereocenters. The monoisotopic (exact) mass is 486 g/mol. The summed E-state index contributed by atoms with van der Waals surface area (Å²) < 4.78 is 42.0. The Morgan fingerprint density at radius 2 is 2.12 bits per heavy atom. The molecule has 0 saturated carbocycles. The molecule has 3 heterocycles. The zero-order valence-corrected chi connectivity index (χ0v) is 18.8. The number of carbonyl (C=O) groups is 1. The molecule has 0 aromatic carbocycles. The number of rotatable bonds is 10. The number of aromatic nitrogens is 5. The molecule has 12 heteroatoms. The van der Waals surface area contributed by atoms with E-state index in [0.29, 0.717) is 17.9 Å². The van der Waals surface area contributed by atoms with Gasteiger partial charge < -0.3 is 9.47 Å². The lowest BCUT2D eigenvalue weighted by Gasteiger charge is -2.21. The number of imidazole rings is 1. The molecule has 32 heavy (non-hydrogen) atoms. The van der Waals surface area contributed by atoms with Gasteiger partial charge in [-0.05, 0) is 19.1 Å². The molecule has 172 valence electrons. The number of alkyl halides is 3. The molecule has 3 aromatic rings.